The second-order valence-corrected chi connectivity index (χ2v) is 4.57. The van der Waals surface area contributed by atoms with Crippen molar-refractivity contribution in [1.82, 2.24) is 0 Å². The number of carbonyl (C=O) groups is 1. The summed E-state index contributed by atoms with van der Waals surface area (Å²) in [6.07, 6.45) is -4.76. The average molecular weight is 317 g/mol. The lowest BCUT2D eigenvalue weighted by atomic mass is 10.1. The van der Waals surface area contributed by atoms with Gasteiger partial charge in [-0.05, 0) is 25.0 Å². The maximum Gasteiger partial charge on any atom is 0.389 e. The molecule has 126 valence electrons. The summed E-state index contributed by atoms with van der Waals surface area (Å²) in [6, 6.07) is 5.59. The number of hydrogen-bond donors (Lipinski definition) is 0. The number of aryl methyl sites for hydroxylation is 1. The van der Waals surface area contributed by atoms with Crippen LogP contribution in [-0.4, -0.2) is 18.6 Å². The normalized spacial score (nSPS) is 12.9. The van der Waals surface area contributed by atoms with E-state index in [2.05, 4.69) is 0 Å². The van der Waals surface area contributed by atoms with Crippen LogP contribution < -0.4 is 4.90 Å². The molecule has 0 atom stereocenters. The predicted octanol–water partition coefficient (Wildman–Crippen LogP) is 5.28. The molecular formula is C17H26F3NO. The van der Waals surface area contributed by atoms with Gasteiger partial charge in [-0.15, -0.1) is 0 Å². The molecule has 0 unspecified atom stereocenters. The summed E-state index contributed by atoms with van der Waals surface area (Å²) in [5, 5.41) is 0. The first kappa shape index (κ1) is 20.5. The van der Waals surface area contributed by atoms with Crippen LogP contribution in [0.25, 0.3) is 0 Å². The van der Waals surface area contributed by atoms with Crippen molar-refractivity contribution in [2.24, 2.45) is 0 Å². The monoisotopic (exact) mass is 317 g/mol. The lowest BCUT2D eigenvalue weighted by Gasteiger charge is -2.18. The Bertz CT molecular complexity index is 469. The van der Waals surface area contributed by atoms with Gasteiger partial charge in [-0.25, -0.2) is 0 Å². The number of amides is 1. The first-order valence-electron chi connectivity index (χ1n) is 7.83. The van der Waals surface area contributed by atoms with Crippen LogP contribution in [0, 0.1) is 6.92 Å². The Hall–Kier alpha value is -1.52. The Morgan fingerprint density at radius 3 is 2.27 bits per heavy atom. The first-order valence-corrected chi connectivity index (χ1v) is 7.83. The number of nitrogens with zero attached hydrogens (tertiary/aromatic N) is 1. The Kier molecular flexibility index (Phi) is 8.83. The molecule has 0 aliphatic carbocycles. The van der Waals surface area contributed by atoms with Crippen LogP contribution in [0.15, 0.2) is 18.2 Å². The van der Waals surface area contributed by atoms with Crippen LogP contribution in [0.4, 0.5) is 18.9 Å². The number of anilines is 1. The van der Waals surface area contributed by atoms with Gasteiger partial charge in [-0.2, -0.15) is 13.2 Å². The second kappa shape index (κ2) is 9.49. The van der Waals surface area contributed by atoms with Gasteiger partial charge in [0.2, 0.25) is 5.91 Å². The summed E-state index contributed by atoms with van der Waals surface area (Å²) in [4.78, 5) is 13.2. The van der Waals surface area contributed by atoms with E-state index >= 15 is 0 Å². The lowest BCUT2D eigenvalue weighted by molar-refractivity contribution is -0.135. The van der Waals surface area contributed by atoms with Gasteiger partial charge in [0.25, 0.3) is 0 Å². The highest BCUT2D eigenvalue weighted by Gasteiger charge is 2.30. The SMILES string of the molecule is CC.CC.Cc1ccc2c(c1)CC(=O)N2CCCC(F)(F)F. The average Bonchev–Trinajstić information content (AvgIpc) is 2.77. The van der Waals surface area contributed by atoms with Crippen molar-refractivity contribution in [2.75, 3.05) is 11.4 Å². The van der Waals surface area contributed by atoms with E-state index in [4.69, 9.17) is 0 Å². The number of alkyl halides is 3. The van der Waals surface area contributed by atoms with Gasteiger partial charge >= 0.3 is 6.18 Å². The van der Waals surface area contributed by atoms with Crippen molar-refractivity contribution >= 4 is 11.6 Å². The zero-order valence-electron chi connectivity index (χ0n) is 14.0. The van der Waals surface area contributed by atoms with Gasteiger partial charge in [0, 0.05) is 18.7 Å². The number of rotatable bonds is 3. The number of halogens is 3. The minimum absolute atomic E-state index is 0.0530. The third kappa shape index (κ3) is 6.08. The summed E-state index contributed by atoms with van der Waals surface area (Å²) < 4.78 is 36.2. The van der Waals surface area contributed by atoms with E-state index in [0.717, 1.165) is 16.8 Å². The molecular weight excluding hydrogens is 291 g/mol. The molecule has 5 heteroatoms. The highest BCUT2D eigenvalue weighted by atomic mass is 19.4. The van der Waals surface area contributed by atoms with E-state index in [-0.39, 0.29) is 18.9 Å². The third-order valence-electron chi connectivity index (χ3n) is 3.01. The Morgan fingerprint density at radius 1 is 1.14 bits per heavy atom. The molecule has 1 aromatic carbocycles. The minimum Gasteiger partial charge on any atom is -0.312 e. The molecule has 2 rings (SSSR count). The maximum atomic E-state index is 12.1. The first-order chi connectivity index (χ1) is 10.4. The maximum absolute atomic E-state index is 12.1. The molecule has 1 heterocycles. The van der Waals surface area contributed by atoms with E-state index in [1.807, 2.05) is 52.8 Å². The fraction of sp³-hybridized carbons (Fsp3) is 0.588. The molecule has 0 spiro atoms. The predicted molar refractivity (Wildman–Crippen MR) is 85.2 cm³/mol. The van der Waals surface area contributed by atoms with Crippen LogP contribution in [-0.2, 0) is 11.2 Å². The second-order valence-electron chi connectivity index (χ2n) is 4.57. The molecule has 1 aliphatic heterocycles. The van der Waals surface area contributed by atoms with E-state index in [1.165, 1.54) is 4.90 Å². The van der Waals surface area contributed by atoms with Crippen molar-refractivity contribution in [3.05, 3.63) is 29.3 Å². The quantitative estimate of drug-likeness (QED) is 0.743. The number of benzene rings is 1. The van der Waals surface area contributed by atoms with Gasteiger partial charge in [0.1, 0.15) is 0 Å². The molecule has 0 N–H and O–H groups in total. The summed E-state index contributed by atoms with van der Waals surface area (Å²) >= 11 is 0. The molecule has 1 amide bonds. The largest absolute Gasteiger partial charge is 0.389 e. The van der Waals surface area contributed by atoms with Crippen molar-refractivity contribution in [3.63, 3.8) is 0 Å². The van der Waals surface area contributed by atoms with Gasteiger partial charge in [-0.3, -0.25) is 4.79 Å². The number of fused-ring (bicyclic) bond motifs is 1. The summed E-state index contributed by atoms with van der Waals surface area (Å²) in [6.45, 7) is 10.1. The van der Waals surface area contributed by atoms with Gasteiger partial charge in [-0.1, -0.05) is 45.4 Å². The molecule has 22 heavy (non-hydrogen) atoms. The van der Waals surface area contributed by atoms with Crippen LogP contribution >= 0.6 is 0 Å². The zero-order valence-corrected chi connectivity index (χ0v) is 14.0. The Balaban J connectivity index is 0.00000102. The molecule has 1 aromatic rings. The van der Waals surface area contributed by atoms with Crippen LogP contribution in [0.2, 0.25) is 0 Å². The van der Waals surface area contributed by atoms with Crippen LogP contribution in [0.1, 0.15) is 51.7 Å². The topological polar surface area (TPSA) is 20.3 Å². The standard InChI is InChI=1S/C13H14F3NO.2C2H6/c1-9-3-4-11-10(7-9)8-12(18)17(11)6-2-5-13(14,15)16;2*1-2/h3-4,7H,2,5-6,8H2,1H3;2*1-2H3. The molecule has 0 aromatic heterocycles. The van der Waals surface area contributed by atoms with Gasteiger partial charge in [0.15, 0.2) is 0 Å². The summed E-state index contributed by atoms with van der Waals surface area (Å²) in [7, 11) is 0. The molecule has 1 aliphatic rings. The molecule has 0 radical (unpaired) electrons. The molecule has 0 saturated heterocycles. The molecule has 0 fully saturated rings. The van der Waals surface area contributed by atoms with E-state index < -0.39 is 12.6 Å². The van der Waals surface area contributed by atoms with Gasteiger partial charge < -0.3 is 4.90 Å². The highest BCUT2D eigenvalue weighted by molar-refractivity contribution is 6.01. The molecule has 0 saturated carbocycles. The molecule has 2 nitrogen and oxygen atoms in total. The van der Waals surface area contributed by atoms with E-state index in [0.29, 0.717) is 6.42 Å². The third-order valence-corrected chi connectivity index (χ3v) is 3.01. The fourth-order valence-corrected chi connectivity index (χ4v) is 2.19. The van der Waals surface area contributed by atoms with E-state index in [9.17, 15) is 18.0 Å². The van der Waals surface area contributed by atoms with Crippen LogP contribution in [0.5, 0.6) is 0 Å². The van der Waals surface area contributed by atoms with Crippen LogP contribution in [0.3, 0.4) is 0 Å². The Labute approximate surface area is 131 Å². The van der Waals surface area contributed by atoms with Crippen molar-refractivity contribution in [3.8, 4) is 0 Å². The van der Waals surface area contributed by atoms with Crippen molar-refractivity contribution in [2.45, 2.75) is 60.1 Å². The van der Waals surface area contributed by atoms with E-state index in [1.54, 1.807) is 0 Å². The fourth-order valence-electron chi connectivity index (χ4n) is 2.19. The Morgan fingerprint density at radius 2 is 1.73 bits per heavy atom. The summed E-state index contributed by atoms with van der Waals surface area (Å²) in [5.41, 5.74) is 2.72. The molecule has 0 bridgehead atoms. The number of carbonyl (C=O) groups excluding carboxylic acids is 1. The van der Waals surface area contributed by atoms with Gasteiger partial charge in [0.05, 0.1) is 6.42 Å². The highest BCUT2D eigenvalue weighted by Crippen LogP contribution is 2.30. The zero-order chi connectivity index (χ0) is 17.3. The van der Waals surface area contributed by atoms with Crippen molar-refractivity contribution in [1.29, 1.82) is 0 Å². The smallest absolute Gasteiger partial charge is 0.312 e. The summed E-state index contributed by atoms with van der Waals surface area (Å²) in [5.74, 6) is -0.113. The van der Waals surface area contributed by atoms with Crippen molar-refractivity contribution < 1.29 is 18.0 Å². The number of hydrogen-bond acceptors (Lipinski definition) is 1. The minimum atomic E-state index is -4.15. The lowest BCUT2D eigenvalue weighted by Crippen LogP contribution is -2.28.